The average Bonchev–Trinajstić information content (AvgIpc) is 3.35. The summed E-state index contributed by atoms with van der Waals surface area (Å²) in [4.78, 5) is 20.9. The van der Waals surface area contributed by atoms with Crippen LogP contribution < -0.4 is 4.90 Å². The Morgan fingerprint density at radius 1 is 1.24 bits per heavy atom. The van der Waals surface area contributed by atoms with Crippen LogP contribution in [-0.2, 0) is 0 Å². The Morgan fingerprint density at radius 2 is 2.04 bits per heavy atom. The molecule has 0 saturated carbocycles. The number of carbonyl (C=O) groups is 1. The molecule has 2 fully saturated rings. The first-order chi connectivity index (χ1) is 12.1. The largest absolute Gasteiger partial charge is 0.369 e. The molecule has 0 radical (unpaired) electrons. The predicted molar refractivity (Wildman–Crippen MR) is 89.9 cm³/mol. The number of halogens is 1. The lowest BCUT2D eigenvalue weighted by atomic mass is 10.1. The minimum atomic E-state index is -0.334. The minimum absolute atomic E-state index is 0.183. The summed E-state index contributed by atoms with van der Waals surface area (Å²) in [6.45, 7) is 4.09. The second-order valence-corrected chi connectivity index (χ2v) is 6.69. The van der Waals surface area contributed by atoms with E-state index in [2.05, 4.69) is 10.1 Å². The van der Waals surface area contributed by atoms with Crippen molar-refractivity contribution in [3.8, 4) is 0 Å². The lowest BCUT2D eigenvalue weighted by molar-refractivity contribution is 0.0728. The number of aromatic nitrogens is 2. The molecule has 7 heteroatoms. The molecule has 0 unspecified atom stereocenters. The maximum Gasteiger partial charge on any atom is 0.254 e. The average molecular weight is 344 g/mol. The Balaban J connectivity index is 1.56. The first-order valence-corrected chi connectivity index (χ1v) is 8.79. The molecule has 1 amide bonds. The molecule has 1 aromatic heterocycles. The van der Waals surface area contributed by atoms with Crippen LogP contribution in [0.1, 0.15) is 53.8 Å². The molecule has 0 spiro atoms. The van der Waals surface area contributed by atoms with Crippen molar-refractivity contribution in [2.24, 2.45) is 0 Å². The number of rotatable bonds is 3. The molecule has 2 aliphatic rings. The van der Waals surface area contributed by atoms with E-state index < -0.39 is 0 Å². The fraction of sp³-hybridized carbons (Fsp3) is 0.500. The van der Waals surface area contributed by atoms with Crippen molar-refractivity contribution in [1.29, 1.82) is 0 Å². The third kappa shape index (κ3) is 2.99. The van der Waals surface area contributed by atoms with Gasteiger partial charge in [-0.25, -0.2) is 4.39 Å². The normalized spacial score (nSPS) is 20.5. The summed E-state index contributed by atoms with van der Waals surface area (Å²) >= 11 is 0. The lowest BCUT2D eigenvalue weighted by Gasteiger charge is -2.23. The molecule has 0 aliphatic carbocycles. The molecule has 3 heterocycles. The Kier molecular flexibility index (Phi) is 4.15. The van der Waals surface area contributed by atoms with Crippen LogP contribution >= 0.6 is 0 Å². The van der Waals surface area contributed by atoms with Gasteiger partial charge in [0.1, 0.15) is 5.82 Å². The first-order valence-electron chi connectivity index (χ1n) is 8.79. The predicted octanol–water partition coefficient (Wildman–Crippen LogP) is 3.09. The highest BCUT2D eigenvalue weighted by atomic mass is 19.1. The summed E-state index contributed by atoms with van der Waals surface area (Å²) in [5, 5.41) is 3.95. The van der Waals surface area contributed by atoms with E-state index >= 15 is 0 Å². The number of amides is 1. The van der Waals surface area contributed by atoms with Gasteiger partial charge < -0.3 is 14.3 Å². The summed E-state index contributed by atoms with van der Waals surface area (Å²) < 4.78 is 19.6. The molecule has 1 atom stereocenters. The van der Waals surface area contributed by atoms with Crippen molar-refractivity contribution < 1.29 is 13.7 Å². The minimum Gasteiger partial charge on any atom is -0.369 e. The zero-order chi connectivity index (χ0) is 17.4. The zero-order valence-electron chi connectivity index (χ0n) is 14.2. The molecular weight excluding hydrogens is 323 g/mol. The summed E-state index contributed by atoms with van der Waals surface area (Å²) in [5.41, 5.74) is 0.952. The van der Waals surface area contributed by atoms with Gasteiger partial charge in [0.05, 0.1) is 11.7 Å². The molecule has 0 N–H and O–H groups in total. The standard InChI is InChI=1S/C18H21FN4O2/c1-12-20-17(21-25-12)16-5-4-10-23(16)18(24)13-6-7-15(14(19)11-13)22-8-2-3-9-22/h6-7,11,16H,2-5,8-10H2,1H3/t16-/m1/s1. The molecular formula is C18H21FN4O2. The Morgan fingerprint density at radius 3 is 2.72 bits per heavy atom. The van der Waals surface area contributed by atoms with Gasteiger partial charge in [-0.15, -0.1) is 0 Å². The van der Waals surface area contributed by atoms with Crippen LogP contribution in [-0.4, -0.2) is 40.6 Å². The van der Waals surface area contributed by atoms with Gasteiger partial charge in [0.25, 0.3) is 5.91 Å². The van der Waals surface area contributed by atoms with Crippen molar-refractivity contribution in [3.63, 3.8) is 0 Å². The SMILES string of the molecule is Cc1nc([C@H]2CCCN2C(=O)c2ccc(N3CCCC3)c(F)c2)no1. The number of nitrogens with zero attached hydrogens (tertiary/aromatic N) is 4. The van der Waals surface area contributed by atoms with E-state index in [1.54, 1.807) is 24.0 Å². The van der Waals surface area contributed by atoms with E-state index in [4.69, 9.17) is 4.52 Å². The van der Waals surface area contributed by atoms with Crippen LogP contribution in [0.15, 0.2) is 22.7 Å². The topological polar surface area (TPSA) is 62.5 Å². The molecule has 2 saturated heterocycles. The van der Waals surface area contributed by atoms with E-state index in [0.717, 1.165) is 38.8 Å². The molecule has 2 aromatic rings. The number of benzene rings is 1. The third-order valence-corrected chi connectivity index (χ3v) is 5.00. The van der Waals surface area contributed by atoms with E-state index in [0.29, 0.717) is 29.5 Å². The second-order valence-electron chi connectivity index (χ2n) is 6.69. The number of hydrogen-bond donors (Lipinski definition) is 0. The van der Waals surface area contributed by atoms with Crippen molar-refractivity contribution >= 4 is 11.6 Å². The Hall–Kier alpha value is -2.44. The van der Waals surface area contributed by atoms with Gasteiger partial charge >= 0.3 is 0 Å². The van der Waals surface area contributed by atoms with Crippen LogP contribution in [0.25, 0.3) is 0 Å². The number of aryl methyl sites for hydroxylation is 1. The number of carbonyl (C=O) groups excluding carboxylic acids is 1. The van der Waals surface area contributed by atoms with Gasteiger partial charge in [-0.05, 0) is 43.9 Å². The van der Waals surface area contributed by atoms with E-state index in [1.165, 1.54) is 6.07 Å². The van der Waals surface area contributed by atoms with Gasteiger partial charge in [-0.3, -0.25) is 4.79 Å². The number of hydrogen-bond acceptors (Lipinski definition) is 5. The number of anilines is 1. The monoisotopic (exact) mass is 344 g/mol. The highest BCUT2D eigenvalue weighted by Gasteiger charge is 2.34. The maximum atomic E-state index is 14.5. The van der Waals surface area contributed by atoms with Gasteiger partial charge in [0.2, 0.25) is 5.89 Å². The quantitative estimate of drug-likeness (QED) is 0.856. The van der Waals surface area contributed by atoms with Crippen LogP contribution in [0.5, 0.6) is 0 Å². The van der Waals surface area contributed by atoms with Crippen molar-refractivity contribution in [2.75, 3.05) is 24.5 Å². The fourth-order valence-corrected chi connectivity index (χ4v) is 3.75. The summed E-state index contributed by atoms with van der Waals surface area (Å²) in [6.07, 6.45) is 3.83. The molecule has 2 aliphatic heterocycles. The van der Waals surface area contributed by atoms with E-state index in [1.807, 2.05) is 4.90 Å². The van der Waals surface area contributed by atoms with Crippen molar-refractivity contribution in [1.82, 2.24) is 15.0 Å². The van der Waals surface area contributed by atoms with Gasteiger partial charge in [0.15, 0.2) is 5.82 Å². The van der Waals surface area contributed by atoms with Gasteiger partial charge in [0, 0.05) is 32.1 Å². The molecule has 6 nitrogen and oxygen atoms in total. The highest BCUT2D eigenvalue weighted by Crippen LogP contribution is 2.32. The Bertz CT molecular complexity index is 785. The van der Waals surface area contributed by atoms with Crippen LogP contribution in [0.4, 0.5) is 10.1 Å². The summed E-state index contributed by atoms with van der Waals surface area (Å²) in [5.74, 6) is 0.489. The smallest absolute Gasteiger partial charge is 0.254 e. The maximum absolute atomic E-state index is 14.5. The molecule has 0 bridgehead atoms. The molecule has 132 valence electrons. The Labute approximate surface area is 145 Å². The van der Waals surface area contributed by atoms with Gasteiger partial charge in [-0.1, -0.05) is 5.16 Å². The molecule has 1 aromatic carbocycles. The van der Waals surface area contributed by atoms with Crippen LogP contribution in [0.3, 0.4) is 0 Å². The lowest BCUT2D eigenvalue weighted by Crippen LogP contribution is -2.31. The second kappa shape index (κ2) is 6.46. The summed E-state index contributed by atoms with van der Waals surface area (Å²) in [6, 6.07) is 4.59. The van der Waals surface area contributed by atoms with Gasteiger partial charge in [-0.2, -0.15) is 4.98 Å². The van der Waals surface area contributed by atoms with Crippen LogP contribution in [0, 0.1) is 12.7 Å². The number of likely N-dealkylation sites (tertiary alicyclic amines) is 1. The molecule has 25 heavy (non-hydrogen) atoms. The van der Waals surface area contributed by atoms with Crippen molar-refractivity contribution in [3.05, 3.63) is 41.3 Å². The summed E-state index contributed by atoms with van der Waals surface area (Å²) in [7, 11) is 0. The first kappa shape index (κ1) is 16.1. The fourth-order valence-electron chi connectivity index (χ4n) is 3.75. The highest BCUT2D eigenvalue weighted by molar-refractivity contribution is 5.95. The third-order valence-electron chi connectivity index (χ3n) is 5.00. The van der Waals surface area contributed by atoms with Crippen molar-refractivity contribution in [2.45, 2.75) is 38.6 Å². The van der Waals surface area contributed by atoms with E-state index in [9.17, 15) is 9.18 Å². The molecule has 4 rings (SSSR count). The van der Waals surface area contributed by atoms with E-state index in [-0.39, 0.29) is 17.8 Å². The van der Waals surface area contributed by atoms with Crippen LogP contribution in [0.2, 0.25) is 0 Å². The zero-order valence-corrected chi connectivity index (χ0v) is 14.2.